The van der Waals surface area contributed by atoms with E-state index in [1.54, 1.807) is 0 Å². The molecule has 0 spiro atoms. The average Bonchev–Trinajstić information content (AvgIpc) is 2.43. The number of aliphatic carboxylic acids is 1. The zero-order chi connectivity index (χ0) is 14.1. The molecule has 102 valence electrons. The fourth-order valence-corrected chi connectivity index (χ4v) is 1.49. The Morgan fingerprint density at radius 2 is 2.00 bits per heavy atom. The summed E-state index contributed by atoms with van der Waals surface area (Å²) < 4.78 is 9.84. The van der Waals surface area contributed by atoms with Crippen molar-refractivity contribution >= 4 is 11.9 Å². The highest BCUT2D eigenvalue weighted by Crippen LogP contribution is 2.22. The third-order valence-corrected chi connectivity index (χ3v) is 2.44. The van der Waals surface area contributed by atoms with Crippen molar-refractivity contribution in [1.82, 2.24) is 0 Å². The number of hydrogen-bond donors (Lipinski definition) is 1. The SMILES string of the molecule is COC(=O)/C=C/OC(CCC(=O)O)c1ccccc1. The quantitative estimate of drug-likeness (QED) is 0.464. The van der Waals surface area contributed by atoms with E-state index in [0.717, 1.165) is 11.6 Å². The summed E-state index contributed by atoms with van der Waals surface area (Å²) in [5.41, 5.74) is 0.860. The van der Waals surface area contributed by atoms with E-state index >= 15 is 0 Å². The topological polar surface area (TPSA) is 72.8 Å². The molecule has 0 radical (unpaired) electrons. The molecule has 0 heterocycles. The van der Waals surface area contributed by atoms with Crippen molar-refractivity contribution < 1.29 is 24.2 Å². The van der Waals surface area contributed by atoms with Crippen molar-refractivity contribution in [3.63, 3.8) is 0 Å². The van der Waals surface area contributed by atoms with Crippen LogP contribution >= 0.6 is 0 Å². The van der Waals surface area contributed by atoms with Gasteiger partial charge in [0.05, 0.1) is 19.4 Å². The molecule has 1 unspecified atom stereocenters. The Bertz CT molecular complexity index is 438. The first-order chi connectivity index (χ1) is 9.13. The lowest BCUT2D eigenvalue weighted by Gasteiger charge is -2.16. The summed E-state index contributed by atoms with van der Waals surface area (Å²) in [4.78, 5) is 21.5. The van der Waals surface area contributed by atoms with Gasteiger partial charge in [0.1, 0.15) is 6.10 Å². The zero-order valence-electron chi connectivity index (χ0n) is 10.6. The van der Waals surface area contributed by atoms with Gasteiger partial charge in [-0.1, -0.05) is 30.3 Å². The Kier molecular flexibility index (Phi) is 6.15. The molecule has 0 aliphatic heterocycles. The van der Waals surface area contributed by atoms with Gasteiger partial charge in [-0.15, -0.1) is 0 Å². The van der Waals surface area contributed by atoms with E-state index in [1.165, 1.54) is 13.4 Å². The van der Waals surface area contributed by atoms with E-state index in [0.29, 0.717) is 6.42 Å². The number of ether oxygens (including phenoxy) is 2. The van der Waals surface area contributed by atoms with Crippen LogP contribution in [0, 0.1) is 0 Å². The lowest BCUT2D eigenvalue weighted by molar-refractivity contribution is -0.138. The van der Waals surface area contributed by atoms with E-state index in [1.807, 2.05) is 30.3 Å². The molecule has 5 nitrogen and oxygen atoms in total. The molecule has 1 N–H and O–H groups in total. The molecule has 0 aliphatic carbocycles. The van der Waals surface area contributed by atoms with Crippen LogP contribution in [0.15, 0.2) is 42.7 Å². The largest absolute Gasteiger partial charge is 0.493 e. The monoisotopic (exact) mass is 264 g/mol. The number of benzene rings is 1. The standard InChI is InChI=1S/C14H16O5/c1-18-14(17)9-10-19-12(7-8-13(15)16)11-5-3-2-4-6-11/h2-6,9-10,12H,7-8H2,1H3,(H,15,16)/b10-9+. The van der Waals surface area contributed by atoms with Gasteiger partial charge in [-0.3, -0.25) is 4.79 Å². The summed E-state index contributed by atoms with van der Waals surface area (Å²) in [5, 5.41) is 8.71. The molecule has 0 aliphatic rings. The summed E-state index contributed by atoms with van der Waals surface area (Å²) in [6.45, 7) is 0. The molecular formula is C14H16O5. The number of carbonyl (C=O) groups is 2. The second-order valence-corrected chi connectivity index (χ2v) is 3.79. The van der Waals surface area contributed by atoms with Crippen molar-refractivity contribution in [3.8, 4) is 0 Å². The Hall–Kier alpha value is -2.30. The molecule has 1 rings (SSSR count). The highest BCUT2D eigenvalue weighted by Gasteiger charge is 2.13. The van der Waals surface area contributed by atoms with Crippen LogP contribution in [0.4, 0.5) is 0 Å². The summed E-state index contributed by atoms with van der Waals surface area (Å²) in [7, 11) is 1.27. The van der Waals surface area contributed by atoms with Crippen molar-refractivity contribution in [1.29, 1.82) is 0 Å². The van der Waals surface area contributed by atoms with Crippen LogP contribution in [0.1, 0.15) is 24.5 Å². The van der Waals surface area contributed by atoms with Crippen LogP contribution < -0.4 is 0 Å². The van der Waals surface area contributed by atoms with Crippen LogP contribution in [0.2, 0.25) is 0 Å². The number of carboxylic acid groups (broad SMARTS) is 1. The maximum atomic E-state index is 10.9. The molecule has 0 saturated carbocycles. The van der Waals surface area contributed by atoms with Gasteiger partial charge in [0.2, 0.25) is 0 Å². The van der Waals surface area contributed by atoms with Crippen LogP contribution in [-0.2, 0) is 19.1 Å². The third kappa shape index (κ3) is 5.72. The van der Waals surface area contributed by atoms with E-state index in [9.17, 15) is 9.59 Å². The van der Waals surface area contributed by atoms with Gasteiger partial charge < -0.3 is 14.6 Å². The summed E-state index contributed by atoms with van der Waals surface area (Å²) in [6.07, 6.45) is 2.29. The molecule has 0 amide bonds. The first-order valence-electron chi connectivity index (χ1n) is 5.80. The first-order valence-corrected chi connectivity index (χ1v) is 5.80. The van der Waals surface area contributed by atoms with Crippen LogP contribution in [0.3, 0.4) is 0 Å². The first kappa shape index (κ1) is 14.8. The van der Waals surface area contributed by atoms with Gasteiger partial charge in [-0.05, 0) is 12.0 Å². The van der Waals surface area contributed by atoms with E-state index in [2.05, 4.69) is 4.74 Å². The predicted molar refractivity (Wildman–Crippen MR) is 68.3 cm³/mol. The lowest BCUT2D eigenvalue weighted by atomic mass is 10.1. The zero-order valence-corrected chi connectivity index (χ0v) is 10.6. The second-order valence-electron chi connectivity index (χ2n) is 3.79. The van der Waals surface area contributed by atoms with Gasteiger partial charge in [0.25, 0.3) is 0 Å². The number of carboxylic acids is 1. The molecule has 19 heavy (non-hydrogen) atoms. The Labute approximate surface area is 111 Å². The molecule has 0 fully saturated rings. The van der Waals surface area contributed by atoms with Crippen molar-refractivity contribution in [2.45, 2.75) is 18.9 Å². The maximum Gasteiger partial charge on any atom is 0.333 e. The Morgan fingerprint density at radius 1 is 1.32 bits per heavy atom. The second kappa shape index (κ2) is 7.92. The third-order valence-electron chi connectivity index (χ3n) is 2.44. The maximum absolute atomic E-state index is 10.9. The number of esters is 1. The normalized spacial score (nSPS) is 12.1. The number of carbonyl (C=O) groups excluding carboxylic acids is 1. The van der Waals surface area contributed by atoms with Crippen molar-refractivity contribution in [3.05, 3.63) is 48.2 Å². The molecule has 1 aromatic carbocycles. The molecular weight excluding hydrogens is 248 g/mol. The van der Waals surface area contributed by atoms with Gasteiger partial charge in [-0.25, -0.2) is 4.79 Å². The predicted octanol–water partition coefficient (Wildman–Crippen LogP) is 2.30. The minimum atomic E-state index is -0.888. The number of hydrogen-bond acceptors (Lipinski definition) is 4. The fraction of sp³-hybridized carbons (Fsp3) is 0.286. The average molecular weight is 264 g/mol. The molecule has 0 saturated heterocycles. The smallest absolute Gasteiger partial charge is 0.333 e. The van der Waals surface area contributed by atoms with Gasteiger partial charge >= 0.3 is 11.9 Å². The summed E-state index contributed by atoms with van der Waals surface area (Å²) in [6, 6.07) is 9.24. The molecule has 0 aromatic heterocycles. The Balaban J connectivity index is 2.67. The van der Waals surface area contributed by atoms with Gasteiger partial charge in [-0.2, -0.15) is 0 Å². The van der Waals surface area contributed by atoms with E-state index in [4.69, 9.17) is 9.84 Å². The Morgan fingerprint density at radius 3 is 2.58 bits per heavy atom. The van der Waals surface area contributed by atoms with Gasteiger partial charge in [0.15, 0.2) is 0 Å². The van der Waals surface area contributed by atoms with Crippen molar-refractivity contribution in [2.75, 3.05) is 7.11 Å². The molecule has 0 bridgehead atoms. The molecule has 1 aromatic rings. The molecule has 1 atom stereocenters. The van der Waals surface area contributed by atoms with E-state index < -0.39 is 18.0 Å². The van der Waals surface area contributed by atoms with Gasteiger partial charge in [0, 0.05) is 6.42 Å². The van der Waals surface area contributed by atoms with Crippen molar-refractivity contribution in [2.24, 2.45) is 0 Å². The van der Waals surface area contributed by atoms with Crippen LogP contribution in [-0.4, -0.2) is 24.2 Å². The number of rotatable bonds is 7. The molecule has 5 heteroatoms. The highest BCUT2D eigenvalue weighted by molar-refractivity contribution is 5.81. The number of methoxy groups -OCH3 is 1. The fourth-order valence-electron chi connectivity index (χ4n) is 1.49. The van der Waals surface area contributed by atoms with E-state index in [-0.39, 0.29) is 6.42 Å². The summed E-state index contributed by atoms with van der Waals surface area (Å²) in [5.74, 6) is -1.41. The summed E-state index contributed by atoms with van der Waals surface area (Å²) >= 11 is 0. The highest BCUT2D eigenvalue weighted by atomic mass is 16.5. The minimum Gasteiger partial charge on any atom is -0.493 e. The van der Waals surface area contributed by atoms with Crippen LogP contribution in [0.25, 0.3) is 0 Å². The lowest BCUT2D eigenvalue weighted by Crippen LogP contribution is -2.05. The van der Waals surface area contributed by atoms with Crippen LogP contribution in [0.5, 0.6) is 0 Å². The minimum absolute atomic E-state index is 0.00831.